The van der Waals surface area contributed by atoms with Crippen LogP contribution < -0.4 is 5.32 Å². The van der Waals surface area contributed by atoms with Crippen LogP contribution >= 0.6 is 0 Å². The molecule has 1 rings (SSSR count). The number of piperidine rings is 1. The fraction of sp³-hybridized carbons (Fsp3) is 1.00. The van der Waals surface area contributed by atoms with Crippen molar-refractivity contribution in [1.82, 2.24) is 15.1 Å². The van der Waals surface area contributed by atoms with Gasteiger partial charge in [-0.15, -0.1) is 0 Å². The van der Waals surface area contributed by atoms with E-state index in [2.05, 4.69) is 10.2 Å². The molecule has 0 aliphatic carbocycles. The van der Waals surface area contributed by atoms with Gasteiger partial charge in [-0.2, -0.15) is 13.2 Å². The molecular formula is C12H24F3N3. The third-order valence-corrected chi connectivity index (χ3v) is 3.31. The summed E-state index contributed by atoms with van der Waals surface area (Å²) in [7, 11) is 4.00. The lowest BCUT2D eigenvalue weighted by molar-refractivity contribution is -0.186. The number of hydrogen-bond acceptors (Lipinski definition) is 3. The van der Waals surface area contributed by atoms with E-state index in [-0.39, 0.29) is 13.0 Å². The largest absolute Gasteiger partial charge is 0.393 e. The molecule has 0 spiro atoms. The van der Waals surface area contributed by atoms with Crippen molar-refractivity contribution < 1.29 is 13.2 Å². The van der Waals surface area contributed by atoms with Gasteiger partial charge in [0.05, 0.1) is 5.92 Å². The summed E-state index contributed by atoms with van der Waals surface area (Å²) in [4.78, 5) is 4.00. The Bertz CT molecular complexity index is 231. The van der Waals surface area contributed by atoms with Crippen molar-refractivity contribution >= 4 is 0 Å². The Balaban J connectivity index is 2.15. The van der Waals surface area contributed by atoms with Gasteiger partial charge < -0.3 is 15.1 Å². The number of hydrogen-bond donors (Lipinski definition) is 1. The highest BCUT2D eigenvalue weighted by Gasteiger charge is 2.41. The lowest BCUT2D eigenvalue weighted by Crippen LogP contribution is -2.44. The second-order valence-corrected chi connectivity index (χ2v) is 5.23. The topological polar surface area (TPSA) is 18.5 Å². The van der Waals surface area contributed by atoms with Crippen LogP contribution in [-0.2, 0) is 0 Å². The molecule has 3 nitrogen and oxygen atoms in total. The molecule has 1 aliphatic rings. The van der Waals surface area contributed by atoms with E-state index in [1.807, 2.05) is 19.0 Å². The summed E-state index contributed by atoms with van der Waals surface area (Å²) in [5.74, 6) is -1.13. The van der Waals surface area contributed by atoms with Crippen molar-refractivity contribution in [2.24, 2.45) is 5.92 Å². The molecule has 1 atom stereocenters. The Hall–Kier alpha value is -0.330. The van der Waals surface area contributed by atoms with E-state index in [1.54, 1.807) is 0 Å². The first-order chi connectivity index (χ1) is 8.39. The maximum absolute atomic E-state index is 12.6. The second-order valence-electron chi connectivity index (χ2n) is 5.23. The van der Waals surface area contributed by atoms with Crippen molar-refractivity contribution in [2.45, 2.75) is 19.0 Å². The minimum absolute atomic E-state index is 0.166. The average molecular weight is 267 g/mol. The van der Waals surface area contributed by atoms with Gasteiger partial charge in [0.1, 0.15) is 0 Å². The lowest BCUT2D eigenvalue weighted by Gasteiger charge is -2.33. The van der Waals surface area contributed by atoms with Crippen LogP contribution in [0.4, 0.5) is 13.2 Å². The summed E-state index contributed by atoms with van der Waals surface area (Å²) in [6.07, 6.45) is -3.09. The summed E-state index contributed by atoms with van der Waals surface area (Å²) in [5.41, 5.74) is 0. The van der Waals surface area contributed by atoms with Gasteiger partial charge >= 0.3 is 6.18 Å². The van der Waals surface area contributed by atoms with Gasteiger partial charge in [-0.05, 0) is 33.5 Å². The van der Waals surface area contributed by atoms with Gasteiger partial charge in [0, 0.05) is 32.7 Å². The number of nitrogens with one attached hydrogen (secondary N) is 1. The molecular weight excluding hydrogens is 243 g/mol. The second kappa shape index (κ2) is 7.31. The molecule has 1 unspecified atom stereocenters. The maximum Gasteiger partial charge on any atom is 0.393 e. The summed E-state index contributed by atoms with van der Waals surface area (Å²) < 4.78 is 37.8. The van der Waals surface area contributed by atoms with E-state index in [1.165, 1.54) is 0 Å². The van der Waals surface area contributed by atoms with Crippen molar-refractivity contribution in [3.05, 3.63) is 0 Å². The Kier molecular flexibility index (Phi) is 6.38. The highest BCUT2D eigenvalue weighted by atomic mass is 19.4. The first kappa shape index (κ1) is 15.7. The zero-order chi connectivity index (χ0) is 13.6. The number of alkyl halides is 3. The first-order valence-electron chi connectivity index (χ1n) is 6.54. The van der Waals surface area contributed by atoms with Crippen LogP contribution in [0, 0.1) is 5.92 Å². The Morgan fingerprint density at radius 2 is 2.00 bits per heavy atom. The van der Waals surface area contributed by atoms with Crippen LogP contribution in [0.15, 0.2) is 0 Å². The SMILES string of the molecule is CN(C)CCNCCN1CCCC(C(F)(F)F)C1. The normalized spacial score (nSPS) is 22.7. The molecule has 1 aliphatic heterocycles. The van der Waals surface area contributed by atoms with Gasteiger partial charge in [0.15, 0.2) is 0 Å². The van der Waals surface area contributed by atoms with Crippen LogP contribution in [0.5, 0.6) is 0 Å². The molecule has 0 radical (unpaired) electrons. The van der Waals surface area contributed by atoms with E-state index in [4.69, 9.17) is 0 Å². The molecule has 1 fully saturated rings. The zero-order valence-corrected chi connectivity index (χ0v) is 11.3. The van der Waals surface area contributed by atoms with E-state index in [0.29, 0.717) is 13.0 Å². The van der Waals surface area contributed by atoms with E-state index in [9.17, 15) is 13.2 Å². The fourth-order valence-corrected chi connectivity index (χ4v) is 2.19. The lowest BCUT2D eigenvalue weighted by atomic mass is 9.97. The van der Waals surface area contributed by atoms with Gasteiger partial charge in [-0.1, -0.05) is 0 Å². The van der Waals surface area contributed by atoms with E-state index < -0.39 is 12.1 Å². The molecule has 1 N–H and O–H groups in total. The van der Waals surface area contributed by atoms with Crippen LogP contribution in [0.2, 0.25) is 0 Å². The quantitative estimate of drug-likeness (QED) is 0.734. The van der Waals surface area contributed by atoms with Crippen LogP contribution in [0.25, 0.3) is 0 Å². The molecule has 0 aromatic carbocycles. The number of halogens is 3. The van der Waals surface area contributed by atoms with Crippen LogP contribution in [0.1, 0.15) is 12.8 Å². The van der Waals surface area contributed by atoms with Crippen molar-refractivity contribution in [3.8, 4) is 0 Å². The maximum atomic E-state index is 12.6. The molecule has 0 aromatic rings. The summed E-state index contributed by atoms with van der Waals surface area (Å²) >= 11 is 0. The van der Waals surface area contributed by atoms with Gasteiger partial charge in [-0.25, -0.2) is 0 Å². The summed E-state index contributed by atoms with van der Waals surface area (Å²) in [6, 6.07) is 0. The highest BCUT2D eigenvalue weighted by molar-refractivity contribution is 4.78. The molecule has 0 saturated carbocycles. The molecule has 1 heterocycles. The molecule has 108 valence electrons. The van der Waals surface area contributed by atoms with Gasteiger partial charge in [0.25, 0.3) is 0 Å². The highest BCUT2D eigenvalue weighted by Crippen LogP contribution is 2.32. The number of likely N-dealkylation sites (tertiary alicyclic amines) is 1. The van der Waals surface area contributed by atoms with E-state index >= 15 is 0 Å². The van der Waals surface area contributed by atoms with Gasteiger partial charge in [0.2, 0.25) is 0 Å². The minimum atomic E-state index is -4.03. The van der Waals surface area contributed by atoms with Crippen molar-refractivity contribution in [3.63, 3.8) is 0 Å². The fourth-order valence-electron chi connectivity index (χ4n) is 2.19. The Morgan fingerprint density at radius 1 is 1.28 bits per heavy atom. The van der Waals surface area contributed by atoms with Gasteiger partial charge in [-0.3, -0.25) is 0 Å². The minimum Gasteiger partial charge on any atom is -0.314 e. The smallest absolute Gasteiger partial charge is 0.314 e. The summed E-state index contributed by atoms with van der Waals surface area (Å²) in [5, 5.41) is 3.25. The molecule has 0 bridgehead atoms. The third kappa shape index (κ3) is 6.02. The Labute approximate surface area is 107 Å². The van der Waals surface area contributed by atoms with Crippen LogP contribution in [0.3, 0.4) is 0 Å². The molecule has 6 heteroatoms. The average Bonchev–Trinajstić information content (AvgIpc) is 2.27. The predicted octanol–water partition coefficient (Wildman–Crippen LogP) is 1.41. The summed E-state index contributed by atoms with van der Waals surface area (Å²) in [6.45, 7) is 4.26. The van der Waals surface area contributed by atoms with Crippen LogP contribution in [-0.4, -0.2) is 69.3 Å². The number of likely N-dealkylation sites (N-methyl/N-ethyl adjacent to an activating group) is 1. The van der Waals surface area contributed by atoms with Crippen molar-refractivity contribution in [2.75, 3.05) is 53.4 Å². The Morgan fingerprint density at radius 3 is 2.61 bits per heavy atom. The zero-order valence-electron chi connectivity index (χ0n) is 11.3. The van der Waals surface area contributed by atoms with Crippen molar-refractivity contribution in [1.29, 1.82) is 0 Å². The first-order valence-corrected chi connectivity index (χ1v) is 6.54. The molecule has 0 aromatic heterocycles. The predicted molar refractivity (Wildman–Crippen MR) is 66.6 cm³/mol. The molecule has 1 saturated heterocycles. The monoisotopic (exact) mass is 267 g/mol. The number of nitrogens with zero attached hydrogens (tertiary/aromatic N) is 2. The molecule has 18 heavy (non-hydrogen) atoms. The molecule has 0 amide bonds. The third-order valence-electron chi connectivity index (χ3n) is 3.31. The number of rotatable bonds is 6. The van der Waals surface area contributed by atoms with E-state index in [0.717, 1.165) is 26.2 Å². The standard InChI is InChI=1S/C12H24F3N3/c1-17(2)8-5-16-6-9-18-7-3-4-11(10-18)12(13,14)15/h11,16H,3-10H2,1-2H3.